The number of pyridine rings is 1. The number of aromatic amines is 1. The summed E-state index contributed by atoms with van der Waals surface area (Å²) in [6.07, 6.45) is -1.84. The van der Waals surface area contributed by atoms with Crippen molar-refractivity contribution in [2.45, 2.75) is 19.8 Å². The molecule has 1 aromatic carbocycles. The first-order valence-electron chi connectivity index (χ1n) is 5.06. The first kappa shape index (κ1) is 10.8. The van der Waals surface area contributed by atoms with Gasteiger partial charge in [-0.3, -0.25) is 4.79 Å². The lowest BCUT2D eigenvalue weighted by Crippen LogP contribution is -2.05. The molecule has 2 rings (SSSR count). The number of halogens is 2. The summed E-state index contributed by atoms with van der Waals surface area (Å²) in [6.45, 7) is 1.98. The highest BCUT2D eigenvalue weighted by Gasteiger charge is 2.10. The van der Waals surface area contributed by atoms with Crippen LogP contribution in [-0.2, 0) is 6.42 Å². The zero-order valence-corrected chi connectivity index (χ0v) is 8.76. The molecular formula is C12H11F2NO. The highest BCUT2D eigenvalue weighted by molar-refractivity contribution is 5.79. The van der Waals surface area contributed by atoms with Crippen LogP contribution in [-0.4, -0.2) is 4.98 Å². The molecule has 0 bridgehead atoms. The zero-order chi connectivity index (χ0) is 11.7. The number of fused-ring (bicyclic) bond motifs is 1. The van der Waals surface area contributed by atoms with Crippen LogP contribution >= 0.6 is 0 Å². The van der Waals surface area contributed by atoms with Gasteiger partial charge < -0.3 is 4.98 Å². The van der Waals surface area contributed by atoms with E-state index in [1.165, 1.54) is 0 Å². The molecule has 0 atom stereocenters. The minimum Gasteiger partial charge on any atom is -0.354 e. The lowest BCUT2D eigenvalue weighted by molar-refractivity contribution is 0.146. The van der Waals surface area contributed by atoms with Crippen LogP contribution in [0.2, 0.25) is 0 Å². The predicted molar refractivity (Wildman–Crippen MR) is 58.9 cm³/mol. The van der Waals surface area contributed by atoms with E-state index in [0.717, 1.165) is 18.1 Å². The SMILES string of the molecule is CCc1ccc2[nH]c(C(F)F)cc(=O)c2c1. The fourth-order valence-corrected chi connectivity index (χ4v) is 1.65. The van der Waals surface area contributed by atoms with Crippen molar-refractivity contribution in [3.63, 3.8) is 0 Å². The number of aryl methyl sites for hydroxylation is 1. The molecule has 0 spiro atoms. The molecule has 0 aliphatic carbocycles. The van der Waals surface area contributed by atoms with E-state index < -0.39 is 6.43 Å². The van der Waals surface area contributed by atoms with Gasteiger partial charge in [0.2, 0.25) is 0 Å². The molecule has 0 unspecified atom stereocenters. The maximum Gasteiger partial charge on any atom is 0.278 e. The summed E-state index contributed by atoms with van der Waals surface area (Å²) < 4.78 is 24.9. The molecule has 0 aliphatic heterocycles. The molecule has 2 aromatic rings. The molecule has 0 amide bonds. The van der Waals surface area contributed by atoms with Crippen molar-refractivity contribution in [1.29, 1.82) is 0 Å². The smallest absolute Gasteiger partial charge is 0.278 e. The Morgan fingerprint density at radius 3 is 2.69 bits per heavy atom. The van der Waals surface area contributed by atoms with Gasteiger partial charge in [-0.1, -0.05) is 13.0 Å². The van der Waals surface area contributed by atoms with Gasteiger partial charge >= 0.3 is 0 Å². The zero-order valence-electron chi connectivity index (χ0n) is 8.76. The minimum absolute atomic E-state index is 0.332. The van der Waals surface area contributed by atoms with Crippen molar-refractivity contribution in [3.05, 3.63) is 45.7 Å². The van der Waals surface area contributed by atoms with E-state index in [9.17, 15) is 13.6 Å². The number of aromatic nitrogens is 1. The molecule has 0 saturated heterocycles. The second-order valence-electron chi connectivity index (χ2n) is 3.62. The Morgan fingerprint density at radius 2 is 2.06 bits per heavy atom. The summed E-state index contributed by atoms with van der Waals surface area (Å²) in [7, 11) is 0. The summed E-state index contributed by atoms with van der Waals surface area (Å²) in [5.41, 5.74) is 0.781. The Hall–Kier alpha value is -1.71. The first-order chi connectivity index (χ1) is 7.61. The molecule has 1 N–H and O–H groups in total. The lowest BCUT2D eigenvalue weighted by Gasteiger charge is -2.04. The third-order valence-corrected chi connectivity index (χ3v) is 2.56. The van der Waals surface area contributed by atoms with Crippen LogP contribution in [0.3, 0.4) is 0 Å². The topological polar surface area (TPSA) is 32.9 Å². The first-order valence-corrected chi connectivity index (χ1v) is 5.06. The second kappa shape index (κ2) is 4.04. The van der Waals surface area contributed by atoms with Crippen LogP contribution in [0.4, 0.5) is 8.78 Å². The summed E-state index contributed by atoms with van der Waals surface area (Å²) >= 11 is 0. The molecule has 16 heavy (non-hydrogen) atoms. The number of rotatable bonds is 2. The monoisotopic (exact) mass is 223 g/mol. The largest absolute Gasteiger partial charge is 0.354 e. The van der Waals surface area contributed by atoms with Crippen LogP contribution in [0.15, 0.2) is 29.1 Å². The standard InChI is InChI=1S/C12H11F2NO/c1-2-7-3-4-9-8(5-7)11(16)6-10(15-9)12(13)14/h3-6,12H,2H2,1H3,(H,15,16). The number of alkyl halides is 2. The van der Waals surface area contributed by atoms with Crippen LogP contribution in [0.5, 0.6) is 0 Å². The average molecular weight is 223 g/mol. The van der Waals surface area contributed by atoms with Crippen LogP contribution in [0, 0.1) is 0 Å². The quantitative estimate of drug-likeness (QED) is 0.833. The molecule has 4 heteroatoms. The van der Waals surface area contributed by atoms with Crippen molar-refractivity contribution >= 4 is 10.9 Å². The van der Waals surface area contributed by atoms with Crippen LogP contribution in [0.1, 0.15) is 24.6 Å². The third kappa shape index (κ3) is 1.83. The summed E-state index contributed by atoms with van der Waals surface area (Å²) in [6, 6.07) is 6.20. The van der Waals surface area contributed by atoms with Gasteiger partial charge in [0.25, 0.3) is 6.43 Å². The maximum absolute atomic E-state index is 12.5. The number of benzene rings is 1. The highest BCUT2D eigenvalue weighted by Crippen LogP contribution is 2.18. The number of hydrogen-bond donors (Lipinski definition) is 1. The molecule has 84 valence electrons. The predicted octanol–water partition coefficient (Wildman–Crippen LogP) is 3.03. The molecular weight excluding hydrogens is 212 g/mol. The molecule has 0 fully saturated rings. The Bertz CT molecular complexity index is 575. The van der Waals surface area contributed by atoms with Crippen molar-refractivity contribution in [1.82, 2.24) is 4.98 Å². The van der Waals surface area contributed by atoms with Crippen molar-refractivity contribution in [3.8, 4) is 0 Å². The van der Waals surface area contributed by atoms with Crippen LogP contribution in [0.25, 0.3) is 10.9 Å². The highest BCUT2D eigenvalue weighted by atomic mass is 19.3. The average Bonchev–Trinajstić information content (AvgIpc) is 2.28. The van der Waals surface area contributed by atoms with Gasteiger partial charge in [0.05, 0.1) is 5.69 Å². The second-order valence-corrected chi connectivity index (χ2v) is 3.62. The molecule has 1 heterocycles. The van der Waals surface area contributed by atoms with Gasteiger partial charge in [-0.05, 0) is 24.1 Å². The summed E-state index contributed by atoms with van der Waals surface area (Å²) in [5, 5.41) is 0.462. The summed E-state index contributed by atoms with van der Waals surface area (Å²) in [5.74, 6) is 0. The van der Waals surface area contributed by atoms with E-state index in [4.69, 9.17) is 0 Å². The fourth-order valence-electron chi connectivity index (χ4n) is 1.65. The van der Waals surface area contributed by atoms with E-state index in [0.29, 0.717) is 10.9 Å². The lowest BCUT2D eigenvalue weighted by atomic mass is 10.1. The maximum atomic E-state index is 12.5. The third-order valence-electron chi connectivity index (χ3n) is 2.56. The number of nitrogens with one attached hydrogen (secondary N) is 1. The normalized spacial score (nSPS) is 11.2. The fraction of sp³-hybridized carbons (Fsp3) is 0.250. The van der Waals surface area contributed by atoms with Gasteiger partial charge in [0.1, 0.15) is 0 Å². The molecule has 0 saturated carbocycles. The number of H-pyrrole nitrogens is 1. The van der Waals surface area contributed by atoms with Crippen molar-refractivity contribution in [2.24, 2.45) is 0 Å². The van der Waals surface area contributed by atoms with E-state index >= 15 is 0 Å². The van der Waals surface area contributed by atoms with Crippen molar-refractivity contribution < 1.29 is 8.78 Å². The summed E-state index contributed by atoms with van der Waals surface area (Å²) in [4.78, 5) is 14.2. The van der Waals surface area contributed by atoms with E-state index in [1.807, 2.05) is 13.0 Å². The molecule has 2 nitrogen and oxygen atoms in total. The molecule has 1 aromatic heterocycles. The minimum atomic E-state index is -2.65. The Morgan fingerprint density at radius 1 is 1.31 bits per heavy atom. The van der Waals surface area contributed by atoms with E-state index in [1.54, 1.807) is 12.1 Å². The Kier molecular flexibility index (Phi) is 2.73. The molecule has 0 aliphatic rings. The van der Waals surface area contributed by atoms with Crippen LogP contribution < -0.4 is 5.43 Å². The van der Waals surface area contributed by atoms with Gasteiger partial charge in [-0.15, -0.1) is 0 Å². The van der Waals surface area contributed by atoms with Gasteiger partial charge in [0.15, 0.2) is 5.43 Å². The van der Waals surface area contributed by atoms with Gasteiger partial charge in [0, 0.05) is 17.0 Å². The van der Waals surface area contributed by atoms with E-state index in [-0.39, 0.29) is 11.1 Å². The van der Waals surface area contributed by atoms with Gasteiger partial charge in [-0.25, -0.2) is 8.78 Å². The Labute approximate surface area is 90.9 Å². The van der Waals surface area contributed by atoms with E-state index in [2.05, 4.69) is 4.98 Å². The molecule has 0 radical (unpaired) electrons. The van der Waals surface area contributed by atoms with Crippen molar-refractivity contribution in [2.75, 3.05) is 0 Å². The van der Waals surface area contributed by atoms with Gasteiger partial charge in [-0.2, -0.15) is 0 Å². The number of hydrogen-bond acceptors (Lipinski definition) is 1. The Balaban J connectivity index is 2.71.